The van der Waals surface area contributed by atoms with Crippen LogP contribution in [0.5, 0.6) is 0 Å². The molecule has 92 valence electrons. The van der Waals surface area contributed by atoms with E-state index in [-0.39, 0.29) is 5.69 Å². The van der Waals surface area contributed by atoms with Crippen LogP contribution in [0.15, 0.2) is 36.7 Å². The molecule has 0 saturated carbocycles. The molecule has 0 radical (unpaired) electrons. The number of hydrogen-bond donors (Lipinski definition) is 2. The van der Waals surface area contributed by atoms with Gasteiger partial charge in [0.25, 0.3) is 0 Å². The quantitative estimate of drug-likeness (QED) is 0.822. The molecule has 2 rings (SSSR count). The summed E-state index contributed by atoms with van der Waals surface area (Å²) in [5, 5.41) is 19.1. The lowest BCUT2D eigenvalue weighted by atomic mass is 10.2. The van der Waals surface area contributed by atoms with E-state index in [1.54, 1.807) is 18.5 Å². The number of carboxylic acid groups (broad SMARTS) is 1. The van der Waals surface area contributed by atoms with Crippen molar-refractivity contribution in [2.24, 2.45) is 0 Å². The topological polar surface area (TPSA) is 88.0 Å². The van der Waals surface area contributed by atoms with Crippen molar-refractivity contribution >= 4 is 11.8 Å². The summed E-state index contributed by atoms with van der Waals surface area (Å²) in [5.74, 6) is -0.514. The molecule has 2 heterocycles. The van der Waals surface area contributed by atoms with E-state index < -0.39 is 5.97 Å². The van der Waals surface area contributed by atoms with E-state index >= 15 is 0 Å². The van der Waals surface area contributed by atoms with Gasteiger partial charge in [-0.15, -0.1) is 10.2 Å². The maximum Gasteiger partial charge on any atom is 0.356 e. The number of nitrogens with one attached hydrogen (secondary N) is 1. The summed E-state index contributed by atoms with van der Waals surface area (Å²) >= 11 is 0. The highest BCUT2D eigenvalue weighted by Crippen LogP contribution is 2.03. The Bertz CT molecular complexity index is 513. The van der Waals surface area contributed by atoms with Gasteiger partial charge in [-0.2, -0.15) is 0 Å². The predicted octanol–water partition coefficient (Wildman–Crippen LogP) is 1.22. The second-order valence-electron chi connectivity index (χ2n) is 3.64. The summed E-state index contributed by atoms with van der Waals surface area (Å²) in [6.07, 6.45) is 4.33. The van der Waals surface area contributed by atoms with Crippen molar-refractivity contribution in [3.05, 3.63) is 47.9 Å². The van der Waals surface area contributed by atoms with Crippen LogP contribution in [-0.4, -0.2) is 32.8 Å². The highest BCUT2D eigenvalue weighted by atomic mass is 16.4. The van der Waals surface area contributed by atoms with E-state index in [0.29, 0.717) is 12.4 Å². The van der Waals surface area contributed by atoms with Gasteiger partial charge in [0.2, 0.25) is 0 Å². The highest BCUT2D eigenvalue weighted by molar-refractivity contribution is 5.85. The molecule has 0 aliphatic carbocycles. The van der Waals surface area contributed by atoms with Crippen LogP contribution in [-0.2, 0) is 6.42 Å². The summed E-state index contributed by atoms with van der Waals surface area (Å²) in [5.41, 5.74) is 1.11. The van der Waals surface area contributed by atoms with Crippen molar-refractivity contribution in [1.82, 2.24) is 15.2 Å². The van der Waals surface area contributed by atoms with Crippen LogP contribution in [0.2, 0.25) is 0 Å². The Balaban J connectivity index is 1.85. The number of aromatic nitrogens is 3. The summed E-state index contributed by atoms with van der Waals surface area (Å²) < 4.78 is 0. The average Bonchev–Trinajstić information content (AvgIpc) is 2.40. The normalized spacial score (nSPS) is 10.0. The molecule has 0 aliphatic heterocycles. The number of pyridine rings is 1. The second kappa shape index (κ2) is 5.72. The van der Waals surface area contributed by atoms with Crippen molar-refractivity contribution in [3.8, 4) is 0 Å². The maximum absolute atomic E-state index is 10.6. The molecule has 0 bridgehead atoms. The molecular formula is C12H12N4O2. The second-order valence-corrected chi connectivity index (χ2v) is 3.64. The average molecular weight is 244 g/mol. The molecule has 0 unspecified atom stereocenters. The SMILES string of the molecule is O=C(O)c1ccc(NCCc2ccncc2)nn1. The minimum Gasteiger partial charge on any atom is -0.476 e. The summed E-state index contributed by atoms with van der Waals surface area (Å²) in [6.45, 7) is 0.700. The fourth-order valence-electron chi connectivity index (χ4n) is 1.42. The van der Waals surface area contributed by atoms with E-state index in [2.05, 4.69) is 20.5 Å². The van der Waals surface area contributed by atoms with E-state index in [1.807, 2.05) is 12.1 Å². The molecule has 18 heavy (non-hydrogen) atoms. The smallest absolute Gasteiger partial charge is 0.356 e. The molecule has 0 saturated heterocycles. The molecule has 0 aliphatic rings. The number of nitrogens with zero attached hydrogens (tertiary/aromatic N) is 3. The van der Waals surface area contributed by atoms with Gasteiger partial charge in [-0.25, -0.2) is 4.79 Å². The van der Waals surface area contributed by atoms with Crippen LogP contribution >= 0.6 is 0 Å². The Morgan fingerprint density at radius 3 is 2.56 bits per heavy atom. The van der Waals surface area contributed by atoms with E-state index in [9.17, 15) is 4.79 Å². The molecule has 0 aromatic carbocycles. The first-order valence-corrected chi connectivity index (χ1v) is 5.45. The third kappa shape index (κ3) is 3.24. The fraction of sp³-hybridized carbons (Fsp3) is 0.167. The van der Waals surface area contributed by atoms with Gasteiger partial charge in [0, 0.05) is 18.9 Å². The molecule has 0 fully saturated rings. The van der Waals surface area contributed by atoms with Crippen molar-refractivity contribution in [1.29, 1.82) is 0 Å². The van der Waals surface area contributed by atoms with Crippen molar-refractivity contribution in [3.63, 3.8) is 0 Å². The molecule has 2 aromatic heterocycles. The lowest BCUT2D eigenvalue weighted by Gasteiger charge is -2.04. The van der Waals surface area contributed by atoms with Crippen molar-refractivity contribution < 1.29 is 9.90 Å². The number of carboxylic acids is 1. The lowest BCUT2D eigenvalue weighted by molar-refractivity contribution is 0.0689. The van der Waals surface area contributed by atoms with Gasteiger partial charge in [-0.1, -0.05) is 0 Å². The number of rotatable bonds is 5. The largest absolute Gasteiger partial charge is 0.476 e. The van der Waals surface area contributed by atoms with Crippen LogP contribution in [0, 0.1) is 0 Å². The van der Waals surface area contributed by atoms with E-state index in [4.69, 9.17) is 5.11 Å². The number of hydrogen-bond acceptors (Lipinski definition) is 5. The van der Waals surface area contributed by atoms with Crippen LogP contribution in [0.4, 0.5) is 5.82 Å². The van der Waals surface area contributed by atoms with Gasteiger partial charge in [0.1, 0.15) is 5.82 Å². The Labute approximate surface area is 104 Å². The van der Waals surface area contributed by atoms with Crippen LogP contribution < -0.4 is 5.32 Å². The molecule has 0 amide bonds. The number of aromatic carboxylic acids is 1. The van der Waals surface area contributed by atoms with Crippen LogP contribution in [0.1, 0.15) is 16.1 Å². The first-order valence-electron chi connectivity index (χ1n) is 5.45. The van der Waals surface area contributed by atoms with Crippen molar-refractivity contribution in [2.45, 2.75) is 6.42 Å². The third-order valence-electron chi connectivity index (χ3n) is 2.35. The monoisotopic (exact) mass is 244 g/mol. The Morgan fingerprint density at radius 2 is 1.94 bits per heavy atom. The van der Waals surface area contributed by atoms with Gasteiger partial charge in [-0.3, -0.25) is 4.98 Å². The van der Waals surface area contributed by atoms with E-state index in [0.717, 1.165) is 6.42 Å². The highest BCUT2D eigenvalue weighted by Gasteiger charge is 2.04. The van der Waals surface area contributed by atoms with Crippen molar-refractivity contribution in [2.75, 3.05) is 11.9 Å². The Morgan fingerprint density at radius 1 is 1.17 bits per heavy atom. The number of anilines is 1. The molecular weight excluding hydrogens is 232 g/mol. The van der Waals surface area contributed by atoms with Gasteiger partial charge >= 0.3 is 5.97 Å². The minimum atomic E-state index is -1.08. The summed E-state index contributed by atoms with van der Waals surface area (Å²) in [4.78, 5) is 14.5. The fourth-order valence-corrected chi connectivity index (χ4v) is 1.42. The predicted molar refractivity (Wildman–Crippen MR) is 65.4 cm³/mol. The van der Waals surface area contributed by atoms with Gasteiger partial charge in [0.05, 0.1) is 0 Å². The Kier molecular flexibility index (Phi) is 3.80. The van der Waals surface area contributed by atoms with Gasteiger partial charge in [0.15, 0.2) is 5.69 Å². The first kappa shape index (κ1) is 12.0. The zero-order valence-corrected chi connectivity index (χ0v) is 9.58. The zero-order chi connectivity index (χ0) is 12.8. The summed E-state index contributed by atoms with van der Waals surface area (Å²) in [7, 11) is 0. The standard InChI is InChI=1S/C12H12N4O2/c17-12(18)10-1-2-11(16-15-10)14-8-5-9-3-6-13-7-4-9/h1-4,6-7H,5,8H2,(H,14,16)(H,17,18). The van der Waals surface area contributed by atoms with Gasteiger partial charge < -0.3 is 10.4 Å². The Hall–Kier alpha value is -2.50. The van der Waals surface area contributed by atoms with Crippen LogP contribution in [0.25, 0.3) is 0 Å². The molecule has 2 aromatic rings. The maximum atomic E-state index is 10.6. The van der Waals surface area contributed by atoms with Crippen LogP contribution in [0.3, 0.4) is 0 Å². The van der Waals surface area contributed by atoms with Gasteiger partial charge in [-0.05, 0) is 36.2 Å². The third-order valence-corrected chi connectivity index (χ3v) is 2.35. The molecule has 6 heteroatoms. The summed E-state index contributed by atoms with van der Waals surface area (Å²) in [6, 6.07) is 6.91. The molecule has 0 spiro atoms. The zero-order valence-electron chi connectivity index (χ0n) is 9.58. The first-order chi connectivity index (χ1) is 8.75. The van der Waals surface area contributed by atoms with E-state index in [1.165, 1.54) is 11.6 Å². The minimum absolute atomic E-state index is 0.0605. The lowest BCUT2D eigenvalue weighted by Crippen LogP contribution is -2.09. The molecule has 6 nitrogen and oxygen atoms in total. The molecule has 0 atom stereocenters. The molecule has 2 N–H and O–H groups in total. The number of carbonyl (C=O) groups is 1.